The van der Waals surface area contributed by atoms with Gasteiger partial charge in [-0.2, -0.15) is 0 Å². The number of anilines is 3. The zero-order valence-electron chi connectivity index (χ0n) is 16.7. The number of hydrogen-bond donors (Lipinski definition) is 1. The molecule has 148 valence electrons. The van der Waals surface area contributed by atoms with Gasteiger partial charge in [0.05, 0.1) is 0 Å². The molecule has 5 heteroatoms. The normalized spacial score (nSPS) is 17.1. The molecule has 0 bridgehead atoms. The molecule has 0 radical (unpaired) electrons. The summed E-state index contributed by atoms with van der Waals surface area (Å²) in [6.07, 6.45) is 3.57. The molecule has 0 saturated carbocycles. The first-order chi connectivity index (χ1) is 13.7. The van der Waals surface area contributed by atoms with Crippen LogP contribution in [-0.4, -0.2) is 50.2 Å². The smallest absolute Gasteiger partial charge is 0.321 e. The maximum absolute atomic E-state index is 12.7. The number of aryl methyl sites for hydroxylation is 1. The number of rotatable bonds is 4. The van der Waals surface area contributed by atoms with Gasteiger partial charge in [0.15, 0.2) is 0 Å². The van der Waals surface area contributed by atoms with Gasteiger partial charge >= 0.3 is 6.03 Å². The Labute approximate surface area is 167 Å². The lowest BCUT2D eigenvalue weighted by Gasteiger charge is -2.37. The Kier molecular flexibility index (Phi) is 5.70. The summed E-state index contributed by atoms with van der Waals surface area (Å²) in [4.78, 5) is 19.4. The molecule has 0 atom stereocenters. The number of piperazine rings is 1. The zero-order chi connectivity index (χ0) is 19.3. The highest BCUT2D eigenvalue weighted by molar-refractivity contribution is 5.89. The molecule has 4 rings (SSSR count). The van der Waals surface area contributed by atoms with Gasteiger partial charge in [0, 0.05) is 56.3 Å². The fourth-order valence-electron chi connectivity index (χ4n) is 4.20. The minimum absolute atomic E-state index is 0.00245. The Balaban J connectivity index is 1.31. The van der Waals surface area contributed by atoms with E-state index in [4.69, 9.17) is 0 Å². The number of benzene rings is 2. The third-order valence-electron chi connectivity index (χ3n) is 5.87. The second kappa shape index (κ2) is 8.55. The van der Waals surface area contributed by atoms with Crippen molar-refractivity contribution in [3.63, 3.8) is 0 Å². The number of amides is 2. The lowest BCUT2D eigenvalue weighted by Crippen LogP contribution is -2.50. The largest absolute Gasteiger partial charge is 0.372 e. The quantitative estimate of drug-likeness (QED) is 0.866. The first-order valence-electron chi connectivity index (χ1n) is 10.5. The Hall–Kier alpha value is -2.69. The second-order valence-corrected chi connectivity index (χ2v) is 7.63. The average Bonchev–Trinajstić information content (AvgIpc) is 3.29. The molecule has 2 aliphatic rings. The van der Waals surface area contributed by atoms with Crippen LogP contribution in [0, 0.1) is 0 Å². The van der Waals surface area contributed by atoms with Crippen molar-refractivity contribution in [3.05, 3.63) is 54.1 Å². The number of para-hydroxylation sites is 1. The van der Waals surface area contributed by atoms with Crippen molar-refractivity contribution >= 4 is 23.1 Å². The highest BCUT2D eigenvalue weighted by Gasteiger charge is 2.22. The Morgan fingerprint density at radius 3 is 2.21 bits per heavy atom. The molecule has 2 amide bonds. The predicted molar refractivity (Wildman–Crippen MR) is 117 cm³/mol. The second-order valence-electron chi connectivity index (χ2n) is 7.63. The van der Waals surface area contributed by atoms with Crippen molar-refractivity contribution in [1.29, 1.82) is 0 Å². The zero-order valence-corrected chi connectivity index (χ0v) is 16.7. The summed E-state index contributed by atoms with van der Waals surface area (Å²) < 4.78 is 0. The highest BCUT2D eigenvalue weighted by Crippen LogP contribution is 2.24. The molecule has 2 aromatic carbocycles. The van der Waals surface area contributed by atoms with E-state index in [0.717, 1.165) is 51.4 Å². The van der Waals surface area contributed by atoms with Crippen LogP contribution in [0.25, 0.3) is 0 Å². The number of nitrogens with one attached hydrogen (secondary N) is 1. The summed E-state index contributed by atoms with van der Waals surface area (Å²) >= 11 is 0. The standard InChI is InChI=1S/C23H30N4O/c1-2-19-7-3-4-8-22(19)26-15-17-27(18-16-26)23(28)24-20-9-11-21(12-10-20)25-13-5-6-14-25/h3-4,7-12H,2,5-6,13-18H2,1H3,(H,24,28). The lowest BCUT2D eigenvalue weighted by molar-refractivity contribution is 0.208. The van der Waals surface area contributed by atoms with Crippen LogP contribution < -0.4 is 15.1 Å². The van der Waals surface area contributed by atoms with E-state index in [1.807, 2.05) is 17.0 Å². The van der Waals surface area contributed by atoms with Gasteiger partial charge < -0.3 is 20.0 Å². The number of hydrogen-bond acceptors (Lipinski definition) is 3. The highest BCUT2D eigenvalue weighted by atomic mass is 16.2. The van der Waals surface area contributed by atoms with E-state index < -0.39 is 0 Å². The van der Waals surface area contributed by atoms with Crippen LogP contribution >= 0.6 is 0 Å². The first-order valence-corrected chi connectivity index (χ1v) is 10.5. The van der Waals surface area contributed by atoms with E-state index in [-0.39, 0.29) is 6.03 Å². The first kappa shape index (κ1) is 18.7. The predicted octanol–water partition coefficient (Wildman–Crippen LogP) is 4.20. The molecule has 5 nitrogen and oxygen atoms in total. The van der Waals surface area contributed by atoms with Gasteiger partial charge in [0.25, 0.3) is 0 Å². The van der Waals surface area contributed by atoms with E-state index in [1.54, 1.807) is 0 Å². The van der Waals surface area contributed by atoms with Crippen LogP contribution in [0.2, 0.25) is 0 Å². The van der Waals surface area contributed by atoms with E-state index in [0.29, 0.717) is 0 Å². The van der Waals surface area contributed by atoms with Gasteiger partial charge in [-0.05, 0) is 55.2 Å². The van der Waals surface area contributed by atoms with Gasteiger partial charge in [0.1, 0.15) is 0 Å². The van der Waals surface area contributed by atoms with Crippen LogP contribution in [0.4, 0.5) is 21.9 Å². The van der Waals surface area contributed by atoms with Crippen LogP contribution in [-0.2, 0) is 6.42 Å². The number of carbonyl (C=O) groups is 1. The molecule has 0 aromatic heterocycles. The summed E-state index contributed by atoms with van der Waals surface area (Å²) in [6, 6.07) is 16.8. The maximum atomic E-state index is 12.7. The van der Waals surface area contributed by atoms with E-state index in [2.05, 4.69) is 58.4 Å². The summed E-state index contributed by atoms with van der Waals surface area (Å²) in [6.45, 7) is 7.70. The fourth-order valence-corrected chi connectivity index (χ4v) is 4.20. The number of urea groups is 1. The van der Waals surface area contributed by atoms with Crippen LogP contribution in [0.15, 0.2) is 48.5 Å². The topological polar surface area (TPSA) is 38.8 Å². The van der Waals surface area contributed by atoms with E-state index in [9.17, 15) is 4.79 Å². The van der Waals surface area contributed by atoms with E-state index >= 15 is 0 Å². The van der Waals surface area contributed by atoms with Gasteiger partial charge in [-0.25, -0.2) is 4.79 Å². The molecule has 2 aliphatic heterocycles. The fraction of sp³-hybridized carbons (Fsp3) is 0.435. The van der Waals surface area contributed by atoms with Crippen molar-refractivity contribution in [2.75, 3.05) is 54.4 Å². The molecular weight excluding hydrogens is 348 g/mol. The number of nitrogens with zero attached hydrogens (tertiary/aromatic N) is 3. The van der Waals surface area contributed by atoms with E-state index in [1.165, 1.54) is 29.8 Å². The molecular formula is C23H30N4O. The van der Waals surface area contributed by atoms with Gasteiger partial charge in [-0.3, -0.25) is 0 Å². The molecule has 1 N–H and O–H groups in total. The van der Waals surface area contributed by atoms with Gasteiger partial charge in [-0.15, -0.1) is 0 Å². The van der Waals surface area contributed by atoms with Crippen molar-refractivity contribution in [2.24, 2.45) is 0 Å². The molecule has 2 fully saturated rings. The SMILES string of the molecule is CCc1ccccc1N1CCN(C(=O)Nc2ccc(N3CCCC3)cc2)CC1. The molecule has 2 heterocycles. The molecule has 0 unspecified atom stereocenters. The lowest BCUT2D eigenvalue weighted by atomic mass is 10.1. The molecule has 2 aromatic rings. The number of carbonyl (C=O) groups excluding carboxylic acids is 1. The minimum atomic E-state index is -0.00245. The summed E-state index contributed by atoms with van der Waals surface area (Å²) in [7, 11) is 0. The third kappa shape index (κ3) is 4.08. The summed E-state index contributed by atoms with van der Waals surface area (Å²) in [5.41, 5.74) is 4.80. The van der Waals surface area contributed by atoms with Crippen LogP contribution in [0.1, 0.15) is 25.3 Å². The molecule has 2 saturated heterocycles. The average molecular weight is 379 g/mol. The Bertz CT molecular complexity index is 791. The molecule has 28 heavy (non-hydrogen) atoms. The van der Waals surface area contributed by atoms with Crippen molar-refractivity contribution in [2.45, 2.75) is 26.2 Å². The molecule has 0 spiro atoms. The Morgan fingerprint density at radius 1 is 0.857 bits per heavy atom. The monoisotopic (exact) mass is 378 g/mol. The van der Waals surface area contributed by atoms with Crippen LogP contribution in [0.5, 0.6) is 0 Å². The van der Waals surface area contributed by atoms with Gasteiger partial charge in [0.2, 0.25) is 0 Å². The summed E-state index contributed by atoms with van der Waals surface area (Å²) in [5, 5.41) is 3.06. The van der Waals surface area contributed by atoms with Gasteiger partial charge in [-0.1, -0.05) is 25.1 Å². The third-order valence-corrected chi connectivity index (χ3v) is 5.87. The van der Waals surface area contributed by atoms with Crippen molar-refractivity contribution in [1.82, 2.24) is 4.90 Å². The maximum Gasteiger partial charge on any atom is 0.321 e. The molecule has 0 aliphatic carbocycles. The Morgan fingerprint density at radius 2 is 1.54 bits per heavy atom. The van der Waals surface area contributed by atoms with Crippen molar-refractivity contribution in [3.8, 4) is 0 Å². The van der Waals surface area contributed by atoms with Crippen molar-refractivity contribution < 1.29 is 4.79 Å². The summed E-state index contributed by atoms with van der Waals surface area (Å²) in [5.74, 6) is 0. The minimum Gasteiger partial charge on any atom is -0.372 e. The van der Waals surface area contributed by atoms with Crippen LogP contribution in [0.3, 0.4) is 0 Å².